The summed E-state index contributed by atoms with van der Waals surface area (Å²) in [7, 11) is 0. The molecule has 2 unspecified atom stereocenters. The second-order valence-corrected chi connectivity index (χ2v) is 5.61. The molecule has 2 aliphatic heterocycles. The maximum Gasteiger partial charge on any atom is 0.0579 e. The van der Waals surface area contributed by atoms with Gasteiger partial charge in [0, 0.05) is 19.1 Å². The van der Waals surface area contributed by atoms with Gasteiger partial charge in [0.15, 0.2) is 0 Å². The Morgan fingerprint density at radius 2 is 2.07 bits per heavy atom. The van der Waals surface area contributed by atoms with Gasteiger partial charge in [-0.25, -0.2) is 0 Å². The van der Waals surface area contributed by atoms with Crippen molar-refractivity contribution < 1.29 is 9.84 Å². The van der Waals surface area contributed by atoms with Crippen molar-refractivity contribution >= 4 is 0 Å². The molecule has 0 aromatic carbocycles. The Morgan fingerprint density at radius 1 is 1.33 bits per heavy atom. The Kier molecular flexibility index (Phi) is 3.33. The molecule has 0 saturated carbocycles. The van der Waals surface area contributed by atoms with Crippen LogP contribution in [0.5, 0.6) is 0 Å². The van der Waals surface area contributed by atoms with E-state index in [1.165, 1.54) is 19.4 Å². The second-order valence-electron chi connectivity index (χ2n) is 5.61. The number of hydrogen-bond donors (Lipinski definition) is 1. The molecule has 3 heteroatoms. The molecule has 0 spiro atoms. The Hall–Kier alpha value is -0.120. The van der Waals surface area contributed by atoms with Crippen molar-refractivity contribution in [2.24, 2.45) is 11.3 Å². The van der Waals surface area contributed by atoms with Crippen molar-refractivity contribution in [3.8, 4) is 0 Å². The highest BCUT2D eigenvalue weighted by molar-refractivity contribution is 4.90. The van der Waals surface area contributed by atoms with Gasteiger partial charge in [-0.05, 0) is 25.7 Å². The largest absolute Gasteiger partial charge is 0.396 e. The molecule has 2 rings (SSSR count). The zero-order valence-electron chi connectivity index (χ0n) is 9.91. The molecule has 1 N–H and O–H groups in total. The minimum absolute atomic E-state index is 0.0469. The number of nitrogens with zero attached hydrogens (tertiary/aromatic N) is 1. The van der Waals surface area contributed by atoms with Crippen LogP contribution in [0.1, 0.15) is 26.7 Å². The fourth-order valence-corrected chi connectivity index (χ4v) is 2.65. The summed E-state index contributed by atoms with van der Waals surface area (Å²) in [5, 5.41) is 9.41. The van der Waals surface area contributed by atoms with Crippen LogP contribution in [0.3, 0.4) is 0 Å². The average Bonchev–Trinajstić information content (AvgIpc) is 2.17. The van der Waals surface area contributed by atoms with Gasteiger partial charge in [-0.1, -0.05) is 6.92 Å². The second kappa shape index (κ2) is 4.40. The van der Waals surface area contributed by atoms with Gasteiger partial charge in [-0.3, -0.25) is 4.90 Å². The van der Waals surface area contributed by atoms with E-state index in [1.54, 1.807) is 0 Å². The molecule has 0 aliphatic carbocycles. The average molecular weight is 213 g/mol. The van der Waals surface area contributed by atoms with Crippen molar-refractivity contribution in [2.75, 3.05) is 32.9 Å². The Labute approximate surface area is 92.4 Å². The summed E-state index contributed by atoms with van der Waals surface area (Å²) in [4.78, 5) is 2.53. The van der Waals surface area contributed by atoms with E-state index in [1.807, 2.05) is 0 Å². The van der Waals surface area contributed by atoms with Gasteiger partial charge in [-0.2, -0.15) is 0 Å². The fourth-order valence-electron chi connectivity index (χ4n) is 2.65. The van der Waals surface area contributed by atoms with Gasteiger partial charge in [-0.15, -0.1) is 0 Å². The van der Waals surface area contributed by atoms with Crippen molar-refractivity contribution in [3.05, 3.63) is 0 Å². The Balaban J connectivity index is 1.91. The topological polar surface area (TPSA) is 32.7 Å². The molecular weight excluding hydrogens is 190 g/mol. The number of likely N-dealkylation sites (tertiary alicyclic amines) is 1. The van der Waals surface area contributed by atoms with Gasteiger partial charge >= 0.3 is 0 Å². The number of aliphatic hydroxyl groups is 1. The third-order valence-corrected chi connectivity index (χ3v) is 3.94. The predicted molar refractivity (Wildman–Crippen MR) is 59.8 cm³/mol. The minimum atomic E-state index is 0.0469. The van der Waals surface area contributed by atoms with E-state index in [4.69, 9.17) is 4.74 Å². The van der Waals surface area contributed by atoms with E-state index in [-0.39, 0.29) is 12.0 Å². The number of aliphatic hydroxyl groups excluding tert-OH is 1. The highest BCUT2D eigenvalue weighted by Gasteiger charge is 2.41. The summed E-state index contributed by atoms with van der Waals surface area (Å²) in [6.45, 7) is 8.56. The van der Waals surface area contributed by atoms with E-state index in [0.29, 0.717) is 6.04 Å². The number of ether oxygens (including phenoxy) is 1. The lowest BCUT2D eigenvalue weighted by Crippen LogP contribution is -2.56. The summed E-state index contributed by atoms with van der Waals surface area (Å²) in [6, 6.07) is 0.672. The summed E-state index contributed by atoms with van der Waals surface area (Å²) in [5.74, 6) is 0.804. The maximum atomic E-state index is 9.41. The van der Waals surface area contributed by atoms with E-state index < -0.39 is 0 Å². The Morgan fingerprint density at radius 3 is 2.60 bits per heavy atom. The third kappa shape index (κ3) is 2.35. The summed E-state index contributed by atoms with van der Waals surface area (Å²) in [6.07, 6.45) is 2.64. The molecule has 88 valence electrons. The molecule has 0 aromatic heterocycles. The molecule has 0 amide bonds. The van der Waals surface area contributed by atoms with E-state index >= 15 is 0 Å². The first-order valence-electron chi connectivity index (χ1n) is 6.08. The first-order valence-corrected chi connectivity index (χ1v) is 6.08. The van der Waals surface area contributed by atoms with Crippen LogP contribution in [-0.2, 0) is 4.74 Å². The normalized spacial score (nSPS) is 36.2. The van der Waals surface area contributed by atoms with Gasteiger partial charge < -0.3 is 9.84 Å². The fraction of sp³-hybridized carbons (Fsp3) is 1.00. The van der Waals surface area contributed by atoms with E-state index in [2.05, 4.69) is 18.7 Å². The van der Waals surface area contributed by atoms with Crippen LogP contribution in [0.2, 0.25) is 0 Å². The van der Waals surface area contributed by atoms with Crippen LogP contribution in [0.25, 0.3) is 0 Å². The molecule has 0 bridgehead atoms. The monoisotopic (exact) mass is 213 g/mol. The highest BCUT2D eigenvalue weighted by Crippen LogP contribution is 2.31. The maximum absolute atomic E-state index is 9.41. The van der Waals surface area contributed by atoms with Gasteiger partial charge in [0.25, 0.3) is 0 Å². The minimum Gasteiger partial charge on any atom is -0.396 e. The standard InChI is InChI=1S/C12H23NO2/c1-10-3-4-11(2)13(5-10)6-12(7-14)8-15-9-12/h10-11,14H,3-9H2,1-2H3. The lowest BCUT2D eigenvalue weighted by molar-refractivity contribution is -0.154. The quantitative estimate of drug-likeness (QED) is 0.762. The summed E-state index contributed by atoms with van der Waals surface area (Å²) < 4.78 is 5.25. The molecule has 2 aliphatic rings. The number of hydrogen-bond acceptors (Lipinski definition) is 3. The third-order valence-electron chi connectivity index (χ3n) is 3.94. The first kappa shape index (κ1) is 11.4. The zero-order valence-corrected chi connectivity index (χ0v) is 9.91. The predicted octanol–water partition coefficient (Wildman–Crippen LogP) is 1.12. The van der Waals surface area contributed by atoms with Crippen molar-refractivity contribution in [1.82, 2.24) is 4.90 Å². The molecule has 2 fully saturated rings. The number of piperidine rings is 1. The molecule has 3 nitrogen and oxygen atoms in total. The molecular formula is C12H23NO2. The Bertz CT molecular complexity index is 210. The lowest BCUT2D eigenvalue weighted by Gasteiger charge is -2.47. The number of rotatable bonds is 3. The van der Waals surface area contributed by atoms with Crippen LogP contribution in [0.4, 0.5) is 0 Å². The SMILES string of the molecule is CC1CCC(C)N(CC2(CO)COC2)C1. The van der Waals surface area contributed by atoms with Crippen LogP contribution in [-0.4, -0.2) is 49.0 Å². The molecule has 0 radical (unpaired) electrons. The van der Waals surface area contributed by atoms with Gasteiger partial charge in [0.1, 0.15) is 0 Å². The molecule has 0 aromatic rings. The summed E-state index contributed by atoms with van der Waals surface area (Å²) >= 11 is 0. The highest BCUT2D eigenvalue weighted by atomic mass is 16.5. The van der Waals surface area contributed by atoms with Gasteiger partial charge in [0.05, 0.1) is 25.2 Å². The van der Waals surface area contributed by atoms with Crippen LogP contribution in [0.15, 0.2) is 0 Å². The van der Waals surface area contributed by atoms with Crippen LogP contribution < -0.4 is 0 Å². The lowest BCUT2D eigenvalue weighted by atomic mass is 9.84. The smallest absolute Gasteiger partial charge is 0.0579 e. The van der Waals surface area contributed by atoms with Gasteiger partial charge in [0.2, 0.25) is 0 Å². The molecule has 2 atom stereocenters. The van der Waals surface area contributed by atoms with Crippen molar-refractivity contribution in [1.29, 1.82) is 0 Å². The van der Waals surface area contributed by atoms with Crippen molar-refractivity contribution in [3.63, 3.8) is 0 Å². The van der Waals surface area contributed by atoms with E-state index in [0.717, 1.165) is 25.7 Å². The molecule has 15 heavy (non-hydrogen) atoms. The van der Waals surface area contributed by atoms with Crippen LogP contribution in [0, 0.1) is 11.3 Å². The molecule has 2 saturated heterocycles. The summed E-state index contributed by atoms with van der Waals surface area (Å²) in [5.41, 5.74) is 0.0469. The van der Waals surface area contributed by atoms with Crippen molar-refractivity contribution in [2.45, 2.75) is 32.7 Å². The first-order chi connectivity index (χ1) is 7.15. The molecule has 2 heterocycles. The zero-order chi connectivity index (χ0) is 10.9. The van der Waals surface area contributed by atoms with E-state index in [9.17, 15) is 5.11 Å². The van der Waals surface area contributed by atoms with Crippen LogP contribution >= 0.6 is 0 Å².